The molecule has 1 N–H and O–H groups in total. The molecular weight excluding hydrogens is 298 g/mol. The molecule has 1 fully saturated rings. The number of benzene rings is 1. The third-order valence-corrected chi connectivity index (χ3v) is 4.66. The van der Waals surface area contributed by atoms with Crippen LogP contribution < -0.4 is 0 Å². The molecular formula is C10H10F2N2O5S. The van der Waals surface area contributed by atoms with E-state index in [1.54, 1.807) is 0 Å². The summed E-state index contributed by atoms with van der Waals surface area (Å²) in [4.78, 5) is 8.44. The highest BCUT2D eigenvalue weighted by Gasteiger charge is 2.45. The molecule has 20 heavy (non-hydrogen) atoms. The second-order valence-electron chi connectivity index (χ2n) is 4.76. The Balaban J connectivity index is 2.47. The van der Waals surface area contributed by atoms with Crippen LogP contribution in [0.15, 0.2) is 17.0 Å². The summed E-state index contributed by atoms with van der Waals surface area (Å²) < 4.78 is 51.6. The number of sulfonamides is 1. The number of halogens is 2. The molecule has 1 aromatic carbocycles. The molecule has 0 spiro atoms. The number of nitro benzene ring substituents is 1. The summed E-state index contributed by atoms with van der Waals surface area (Å²) in [5.41, 5.74) is -2.35. The molecule has 0 aliphatic carbocycles. The Morgan fingerprint density at radius 2 is 1.90 bits per heavy atom. The minimum absolute atomic E-state index is 0.156. The summed E-state index contributed by atoms with van der Waals surface area (Å²) >= 11 is 0. The van der Waals surface area contributed by atoms with Gasteiger partial charge in [0, 0.05) is 25.2 Å². The molecule has 1 aliphatic heterocycles. The lowest BCUT2D eigenvalue weighted by atomic mass is 10.0. The van der Waals surface area contributed by atoms with Crippen LogP contribution in [0.4, 0.5) is 14.5 Å². The molecule has 7 nitrogen and oxygen atoms in total. The van der Waals surface area contributed by atoms with E-state index < -0.39 is 42.8 Å². The lowest BCUT2D eigenvalue weighted by Gasteiger charge is -2.42. The lowest BCUT2D eigenvalue weighted by molar-refractivity contribution is -0.387. The van der Waals surface area contributed by atoms with Gasteiger partial charge in [-0.1, -0.05) is 0 Å². The SMILES string of the molecule is CC1(O)CN(S(=O)(=O)c2cc([N+](=O)[O-])c(F)cc2F)C1. The zero-order chi connectivity index (χ0) is 15.3. The number of nitrogens with zero attached hydrogens (tertiary/aromatic N) is 2. The van der Waals surface area contributed by atoms with Gasteiger partial charge in [-0.3, -0.25) is 10.1 Å². The molecule has 1 aliphatic rings. The first kappa shape index (κ1) is 14.8. The van der Waals surface area contributed by atoms with Gasteiger partial charge in [-0.25, -0.2) is 12.8 Å². The summed E-state index contributed by atoms with van der Waals surface area (Å²) in [6.07, 6.45) is 0. The average molecular weight is 308 g/mol. The standard InChI is InChI=1S/C10H10F2N2O5S/c1-10(15)4-13(5-10)20(18,19)9-3-8(14(16)17)6(11)2-7(9)12/h2-3,15H,4-5H2,1H3. The van der Waals surface area contributed by atoms with E-state index in [1.807, 2.05) is 0 Å². The maximum Gasteiger partial charge on any atom is 0.306 e. The second kappa shape index (κ2) is 4.43. The van der Waals surface area contributed by atoms with Crippen LogP contribution >= 0.6 is 0 Å². The van der Waals surface area contributed by atoms with E-state index in [9.17, 15) is 32.4 Å². The third-order valence-electron chi connectivity index (χ3n) is 2.85. The van der Waals surface area contributed by atoms with Crippen LogP contribution in [0.2, 0.25) is 0 Å². The average Bonchev–Trinajstić information content (AvgIpc) is 2.24. The van der Waals surface area contributed by atoms with Gasteiger partial charge in [0.15, 0.2) is 0 Å². The van der Waals surface area contributed by atoms with E-state index in [0.717, 1.165) is 4.31 Å². The fraction of sp³-hybridized carbons (Fsp3) is 0.400. The first-order chi connectivity index (χ1) is 9.04. The molecule has 10 heteroatoms. The van der Waals surface area contributed by atoms with Gasteiger partial charge in [-0.15, -0.1) is 0 Å². The van der Waals surface area contributed by atoms with Crippen LogP contribution in [0.5, 0.6) is 0 Å². The Hall–Kier alpha value is -1.65. The van der Waals surface area contributed by atoms with Crippen LogP contribution in [-0.2, 0) is 10.0 Å². The van der Waals surface area contributed by atoms with Gasteiger partial charge >= 0.3 is 5.69 Å². The van der Waals surface area contributed by atoms with Crippen molar-refractivity contribution in [1.82, 2.24) is 4.31 Å². The molecule has 2 rings (SSSR count). The van der Waals surface area contributed by atoms with Crippen molar-refractivity contribution in [1.29, 1.82) is 0 Å². The highest BCUT2D eigenvalue weighted by Crippen LogP contribution is 2.31. The lowest BCUT2D eigenvalue weighted by Crippen LogP contribution is -2.61. The molecule has 0 saturated carbocycles. The summed E-state index contributed by atoms with van der Waals surface area (Å²) in [6.45, 7) is 0.863. The summed E-state index contributed by atoms with van der Waals surface area (Å²) in [5, 5.41) is 20.0. The molecule has 0 radical (unpaired) electrons. The van der Waals surface area contributed by atoms with Crippen LogP contribution in [0.1, 0.15) is 6.92 Å². The zero-order valence-electron chi connectivity index (χ0n) is 10.2. The molecule has 0 atom stereocenters. The van der Waals surface area contributed by atoms with Gasteiger partial charge < -0.3 is 5.11 Å². The smallest absolute Gasteiger partial charge is 0.306 e. The van der Waals surface area contributed by atoms with Crippen molar-refractivity contribution < 1.29 is 27.2 Å². The van der Waals surface area contributed by atoms with E-state index in [0.29, 0.717) is 6.07 Å². The van der Waals surface area contributed by atoms with Crippen LogP contribution in [0, 0.1) is 21.7 Å². The van der Waals surface area contributed by atoms with E-state index in [-0.39, 0.29) is 19.2 Å². The van der Waals surface area contributed by atoms with Gasteiger partial charge in [0.25, 0.3) is 0 Å². The fourth-order valence-corrected chi connectivity index (χ4v) is 3.62. The quantitative estimate of drug-likeness (QED) is 0.652. The van der Waals surface area contributed by atoms with Gasteiger partial charge in [-0.05, 0) is 6.92 Å². The second-order valence-corrected chi connectivity index (χ2v) is 6.67. The van der Waals surface area contributed by atoms with Crippen molar-refractivity contribution in [3.8, 4) is 0 Å². The Morgan fingerprint density at radius 1 is 1.35 bits per heavy atom. The van der Waals surface area contributed by atoms with Crippen molar-refractivity contribution >= 4 is 15.7 Å². The zero-order valence-corrected chi connectivity index (χ0v) is 11.0. The van der Waals surface area contributed by atoms with E-state index in [1.165, 1.54) is 6.92 Å². The normalized spacial score (nSPS) is 18.6. The monoisotopic (exact) mass is 308 g/mol. The van der Waals surface area contributed by atoms with Gasteiger partial charge in [-0.2, -0.15) is 8.70 Å². The first-order valence-corrected chi connectivity index (χ1v) is 6.84. The van der Waals surface area contributed by atoms with Gasteiger partial charge in [0.05, 0.1) is 10.5 Å². The highest BCUT2D eigenvalue weighted by molar-refractivity contribution is 7.89. The van der Waals surface area contributed by atoms with E-state index in [2.05, 4.69) is 0 Å². The van der Waals surface area contributed by atoms with E-state index >= 15 is 0 Å². The minimum atomic E-state index is -4.35. The fourth-order valence-electron chi connectivity index (χ4n) is 1.88. The number of nitro groups is 1. The molecule has 1 aromatic rings. The Labute approximate surface area is 112 Å². The predicted octanol–water partition coefficient (Wildman–Crippen LogP) is 0.628. The topological polar surface area (TPSA) is 101 Å². The van der Waals surface area contributed by atoms with E-state index in [4.69, 9.17) is 0 Å². The largest absolute Gasteiger partial charge is 0.387 e. The van der Waals surface area contributed by atoms with Crippen LogP contribution in [0.3, 0.4) is 0 Å². The van der Waals surface area contributed by atoms with Crippen molar-refractivity contribution in [3.05, 3.63) is 33.9 Å². The number of β-amino-alcohol motifs (C(OH)–C–C–N with tert-alkyl or cyclic N) is 1. The third kappa shape index (κ3) is 2.37. The van der Waals surface area contributed by atoms with Gasteiger partial charge in [0.1, 0.15) is 10.7 Å². The number of aliphatic hydroxyl groups is 1. The summed E-state index contributed by atoms with van der Waals surface area (Å²) in [7, 11) is -4.35. The van der Waals surface area contributed by atoms with Crippen LogP contribution in [-0.4, -0.2) is 41.4 Å². The first-order valence-electron chi connectivity index (χ1n) is 5.40. The Bertz CT molecular complexity index is 681. The van der Waals surface area contributed by atoms with Crippen LogP contribution in [0.25, 0.3) is 0 Å². The van der Waals surface area contributed by atoms with Crippen molar-refractivity contribution in [2.75, 3.05) is 13.1 Å². The molecule has 1 saturated heterocycles. The highest BCUT2D eigenvalue weighted by atomic mass is 32.2. The molecule has 0 aromatic heterocycles. The number of rotatable bonds is 3. The van der Waals surface area contributed by atoms with Gasteiger partial charge in [0.2, 0.25) is 15.8 Å². The molecule has 0 unspecified atom stereocenters. The molecule has 0 bridgehead atoms. The van der Waals surface area contributed by atoms with Crippen molar-refractivity contribution in [2.24, 2.45) is 0 Å². The summed E-state index contributed by atoms with van der Waals surface area (Å²) in [5.74, 6) is -2.87. The Kier molecular flexibility index (Phi) is 3.27. The van der Waals surface area contributed by atoms with Crippen molar-refractivity contribution in [2.45, 2.75) is 17.4 Å². The maximum atomic E-state index is 13.6. The number of hydrogen-bond acceptors (Lipinski definition) is 5. The predicted molar refractivity (Wildman–Crippen MR) is 62.4 cm³/mol. The Morgan fingerprint density at radius 3 is 2.35 bits per heavy atom. The number of hydrogen-bond donors (Lipinski definition) is 1. The molecule has 1 heterocycles. The molecule has 0 amide bonds. The summed E-state index contributed by atoms with van der Waals surface area (Å²) in [6, 6.07) is 0.496. The maximum absolute atomic E-state index is 13.6. The van der Waals surface area contributed by atoms with Crippen molar-refractivity contribution in [3.63, 3.8) is 0 Å². The molecule has 110 valence electrons. The minimum Gasteiger partial charge on any atom is -0.387 e.